The summed E-state index contributed by atoms with van der Waals surface area (Å²) in [4.78, 5) is 0.383. The van der Waals surface area contributed by atoms with Gasteiger partial charge in [0.25, 0.3) is 0 Å². The van der Waals surface area contributed by atoms with Crippen LogP contribution in [0.25, 0.3) is 0 Å². The van der Waals surface area contributed by atoms with Gasteiger partial charge in [0.15, 0.2) is 0 Å². The summed E-state index contributed by atoms with van der Waals surface area (Å²) in [6.07, 6.45) is 3.02. The monoisotopic (exact) mass is 331 g/mol. The average molecular weight is 332 g/mol. The van der Waals surface area contributed by atoms with Crippen LogP contribution < -0.4 is 0 Å². The van der Waals surface area contributed by atoms with Crippen molar-refractivity contribution in [3.63, 3.8) is 0 Å². The molecule has 0 aliphatic carbocycles. The summed E-state index contributed by atoms with van der Waals surface area (Å²) < 4.78 is 27.6. The van der Waals surface area contributed by atoms with Crippen LogP contribution in [0.15, 0.2) is 27.6 Å². The van der Waals surface area contributed by atoms with Gasteiger partial charge in [-0.05, 0) is 44.4 Å². The maximum absolute atomic E-state index is 12.6. The van der Waals surface area contributed by atoms with Crippen LogP contribution in [-0.2, 0) is 10.0 Å². The molecule has 1 aliphatic heterocycles. The van der Waals surface area contributed by atoms with E-state index >= 15 is 0 Å². The molecule has 1 saturated heterocycles. The molecule has 0 aromatic heterocycles. The van der Waals surface area contributed by atoms with E-state index in [4.69, 9.17) is 0 Å². The van der Waals surface area contributed by atoms with E-state index in [2.05, 4.69) is 15.9 Å². The van der Waals surface area contributed by atoms with Crippen LogP contribution in [0.1, 0.15) is 31.7 Å². The minimum absolute atomic E-state index is 0.101. The Hall–Kier alpha value is -0.390. The molecule has 1 unspecified atom stereocenters. The summed E-state index contributed by atoms with van der Waals surface area (Å²) in [5, 5.41) is 0. The lowest BCUT2D eigenvalue weighted by atomic mass is 10.1. The second-order valence-corrected chi connectivity index (χ2v) is 7.62. The van der Waals surface area contributed by atoms with E-state index in [0.717, 1.165) is 29.3 Å². The Balaban J connectivity index is 2.37. The molecule has 0 radical (unpaired) electrons. The van der Waals surface area contributed by atoms with Gasteiger partial charge in [-0.3, -0.25) is 0 Å². The first-order valence-electron chi connectivity index (χ1n) is 6.21. The molecular weight excluding hydrogens is 314 g/mol. The molecule has 5 heteroatoms. The minimum Gasteiger partial charge on any atom is -0.207 e. The van der Waals surface area contributed by atoms with E-state index in [1.54, 1.807) is 16.4 Å². The van der Waals surface area contributed by atoms with Gasteiger partial charge in [0.1, 0.15) is 0 Å². The largest absolute Gasteiger partial charge is 0.243 e. The van der Waals surface area contributed by atoms with Crippen LogP contribution in [0.4, 0.5) is 0 Å². The molecule has 2 rings (SSSR count). The fourth-order valence-electron chi connectivity index (χ4n) is 2.30. The third kappa shape index (κ3) is 2.63. The van der Waals surface area contributed by atoms with Crippen LogP contribution in [0, 0.1) is 6.92 Å². The number of piperidine rings is 1. The highest BCUT2D eigenvalue weighted by Gasteiger charge is 2.30. The van der Waals surface area contributed by atoms with Crippen molar-refractivity contribution in [2.45, 2.75) is 44.0 Å². The Morgan fingerprint density at radius 2 is 2.06 bits per heavy atom. The van der Waals surface area contributed by atoms with E-state index in [-0.39, 0.29) is 6.04 Å². The summed E-state index contributed by atoms with van der Waals surface area (Å²) in [5.74, 6) is 0. The standard InChI is InChI=1S/C13H18BrNO2S/c1-10-6-7-12(9-13(10)14)18(16,17)15-8-4-3-5-11(15)2/h6-7,9,11H,3-5,8H2,1-2H3. The second-order valence-electron chi connectivity index (χ2n) is 4.87. The Morgan fingerprint density at radius 3 is 2.67 bits per heavy atom. The first-order valence-corrected chi connectivity index (χ1v) is 8.44. The van der Waals surface area contributed by atoms with Gasteiger partial charge in [0.2, 0.25) is 10.0 Å². The van der Waals surface area contributed by atoms with E-state index in [1.807, 2.05) is 19.9 Å². The number of benzene rings is 1. The molecule has 18 heavy (non-hydrogen) atoms. The van der Waals surface area contributed by atoms with Gasteiger partial charge in [0, 0.05) is 17.1 Å². The Labute approximate surface area is 117 Å². The van der Waals surface area contributed by atoms with Crippen LogP contribution in [0.2, 0.25) is 0 Å². The van der Waals surface area contributed by atoms with Crippen LogP contribution in [0.3, 0.4) is 0 Å². The molecule has 1 aromatic carbocycles. The number of halogens is 1. The lowest BCUT2D eigenvalue weighted by molar-refractivity contribution is 0.268. The van der Waals surface area contributed by atoms with Gasteiger partial charge in [0.05, 0.1) is 4.90 Å². The third-order valence-electron chi connectivity index (χ3n) is 3.49. The predicted octanol–water partition coefficient (Wildman–Crippen LogP) is 3.32. The number of rotatable bonds is 2. The first kappa shape index (κ1) is 14.0. The van der Waals surface area contributed by atoms with E-state index in [0.29, 0.717) is 11.4 Å². The minimum atomic E-state index is -3.35. The van der Waals surface area contributed by atoms with Gasteiger partial charge in [-0.25, -0.2) is 8.42 Å². The summed E-state index contributed by atoms with van der Waals surface area (Å²) >= 11 is 3.39. The number of aryl methyl sites for hydroxylation is 1. The fraction of sp³-hybridized carbons (Fsp3) is 0.538. The van der Waals surface area contributed by atoms with Crippen LogP contribution >= 0.6 is 15.9 Å². The Bertz CT molecular complexity index is 542. The summed E-state index contributed by atoms with van der Waals surface area (Å²) in [6, 6.07) is 5.33. The molecule has 0 saturated carbocycles. The zero-order valence-corrected chi connectivity index (χ0v) is 13.1. The van der Waals surface area contributed by atoms with Crippen molar-refractivity contribution in [1.82, 2.24) is 4.31 Å². The number of sulfonamides is 1. The third-order valence-corrected chi connectivity index (χ3v) is 6.36. The molecule has 0 spiro atoms. The van der Waals surface area contributed by atoms with Crippen molar-refractivity contribution in [2.24, 2.45) is 0 Å². The highest BCUT2D eigenvalue weighted by Crippen LogP contribution is 2.27. The topological polar surface area (TPSA) is 37.4 Å². The molecule has 0 bridgehead atoms. The van der Waals surface area contributed by atoms with Crippen molar-refractivity contribution < 1.29 is 8.42 Å². The Morgan fingerprint density at radius 1 is 1.33 bits per heavy atom. The van der Waals surface area contributed by atoms with Crippen molar-refractivity contribution in [3.05, 3.63) is 28.2 Å². The predicted molar refractivity (Wildman–Crippen MR) is 76.1 cm³/mol. The number of hydrogen-bond acceptors (Lipinski definition) is 2. The zero-order valence-electron chi connectivity index (χ0n) is 10.7. The SMILES string of the molecule is Cc1ccc(S(=O)(=O)N2CCCCC2C)cc1Br. The summed E-state index contributed by atoms with van der Waals surface area (Å²) in [6.45, 7) is 4.57. The molecule has 100 valence electrons. The zero-order chi connectivity index (χ0) is 13.3. The molecule has 0 amide bonds. The number of nitrogens with zero attached hydrogens (tertiary/aromatic N) is 1. The molecule has 0 N–H and O–H groups in total. The normalized spacial score (nSPS) is 22.1. The summed E-state index contributed by atoms with van der Waals surface area (Å²) in [7, 11) is -3.35. The highest BCUT2D eigenvalue weighted by molar-refractivity contribution is 9.10. The maximum Gasteiger partial charge on any atom is 0.243 e. The van der Waals surface area contributed by atoms with Crippen molar-refractivity contribution in [1.29, 1.82) is 0 Å². The van der Waals surface area contributed by atoms with Crippen LogP contribution in [-0.4, -0.2) is 25.3 Å². The molecule has 3 nitrogen and oxygen atoms in total. The fourth-order valence-corrected chi connectivity index (χ4v) is 4.55. The quantitative estimate of drug-likeness (QED) is 0.833. The molecule has 1 heterocycles. The highest BCUT2D eigenvalue weighted by atomic mass is 79.9. The van der Waals surface area contributed by atoms with Crippen molar-refractivity contribution in [2.75, 3.05) is 6.54 Å². The van der Waals surface area contributed by atoms with E-state index in [1.165, 1.54) is 0 Å². The lowest BCUT2D eigenvalue weighted by Gasteiger charge is -2.32. The van der Waals surface area contributed by atoms with Crippen LogP contribution in [0.5, 0.6) is 0 Å². The second kappa shape index (κ2) is 5.31. The number of hydrogen-bond donors (Lipinski definition) is 0. The van der Waals surface area contributed by atoms with Gasteiger partial charge in [-0.2, -0.15) is 4.31 Å². The van der Waals surface area contributed by atoms with E-state index < -0.39 is 10.0 Å². The van der Waals surface area contributed by atoms with Crippen molar-refractivity contribution >= 4 is 26.0 Å². The molecular formula is C13H18BrNO2S. The first-order chi connectivity index (χ1) is 8.43. The Kier molecular flexibility index (Phi) is 4.14. The van der Waals surface area contributed by atoms with Gasteiger partial charge in [-0.1, -0.05) is 28.4 Å². The van der Waals surface area contributed by atoms with Crippen molar-refractivity contribution in [3.8, 4) is 0 Å². The maximum atomic E-state index is 12.6. The molecule has 1 fully saturated rings. The van der Waals surface area contributed by atoms with Gasteiger partial charge in [-0.15, -0.1) is 0 Å². The lowest BCUT2D eigenvalue weighted by Crippen LogP contribution is -2.41. The van der Waals surface area contributed by atoms with Gasteiger partial charge < -0.3 is 0 Å². The van der Waals surface area contributed by atoms with E-state index in [9.17, 15) is 8.42 Å². The molecule has 1 aliphatic rings. The average Bonchev–Trinajstić information content (AvgIpc) is 2.33. The molecule has 1 aromatic rings. The summed E-state index contributed by atoms with van der Waals surface area (Å²) in [5.41, 5.74) is 1.04. The smallest absolute Gasteiger partial charge is 0.207 e. The van der Waals surface area contributed by atoms with Gasteiger partial charge >= 0.3 is 0 Å². The molecule has 1 atom stereocenters.